The summed E-state index contributed by atoms with van der Waals surface area (Å²) in [6, 6.07) is 1.96. The Morgan fingerprint density at radius 2 is 1.97 bits per heavy atom. The van der Waals surface area contributed by atoms with Crippen molar-refractivity contribution in [3.05, 3.63) is 57.5 Å². The number of benzene rings is 1. The summed E-state index contributed by atoms with van der Waals surface area (Å²) >= 11 is 3.05. The Bertz CT molecular complexity index is 937. The molecule has 2 rings (SSSR count). The number of nitrogens with one attached hydrogen (secondary N) is 1. The molecule has 0 aliphatic heterocycles. The fourth-order valence-electron chi connectivity index (χ4n) is 2.75. The number of aliphatic hydroxyl groups is 1. The maximum absolute atomic E-state index is 13.6. The number of hydrogen-bond acceptors (Lipinski definition) is 4. The van der Waals surface area contributed by atoms with Crippen LogP contribution in [0.5, 0.6) is 5.75 Å². The minimum absolute atomic E-state index is 0.0524. The summed E-state index contributed by atoms with van der Waals surface area (Å²) in [5, 5.41) is 12.5. The van der Waals surface area contributed by atoms with Gasteiger partial charge in [-0.05, 0) is 70.6 Å². The third-order valence-corrected chi connectivity index (χ3v) is 5.68. The maximum atomic E-state index is 13.6. The molecule has 0 aromatic heterocycles. The van der Waals surface area contributed by atoms with E-state index in [1.165, 1.54) is 18.2 Å². The lowest BCUT2D eigenvalue weighted by atomic mass is 9.95. The standard InChI is InChI=1S/C19H22BrF3NO5P/c1-3-11(2)14-6-4-13(5-7-17(14)25)29-18-15(19(21,22)23)8-12(9-16(18)20)24-10-30(26,27)28/h4-5,7-9,11,24-25H,3,6,10H2,1-2H3,(H2,26,27,28). The predicted molar refractivity (Wildman–Crippen MR) is 111 cm³/mol. The van der Waals surface area contributed by atoms with Crippen molar-refractivity contribution < 1.29 is 37.4 Å². The Balaban J connectivity index is 2.37. The molecule has 0 amide bonds. The second-order valence-corrected chi connectivity index (χ2v) is 9.30. The first-order valence-electron chi connectivity index (χ1n) is 8.99. The number of anilines is 1. The van der Waals surface area contributed by atoms with Gasteiger partial charge in [-0.1, -0.05) is 13.8 Å². The molecule has 166 valence electrons. The van der Waals surface area contributed by atoms with Gasteiger partial charge in [0.15, 0.2) is 5.75 Å². The summed E-state index contributed by atoms with van der Waals surface area (Å²) in [6.07, 6.45) is -0.111. The second-order valence-electron chi connectivity index (χ2n) is 6.80. The summed E-state index contributed by atoms with van der Waals surface area (Å²) in [6.45, 7) is 3.91. The highest BCUT2D eigenvalue weighted by Crippen LogP contribution is 2.44. The van der Waals surface area contributed by atoms with E-state index >= 15 is 0 Å². The summed E-state index contributed by atoms with van der Waals surface area (Å²) in [7, 11) is -4.46. The van der Waals surface area contributed by atoms with Crippen molar-refractivity contribution in [2.24, 2.45) is 5.92 Å². The minimum Gasteiger partial charge on any atom is -0.508 e. The average molecular weight is 512 g/mol. The maximum Gasteiger partial charge on any atom is 0.420 e. The molecule has 0 spiro atoms. The Kier molecular flexibility index (Phi) is 7.85. The first-order valence-corrected chi connectivity index (χ1v) is 11.6. The Hall–Kier alpha value is -1.74. The molecule has 11 heteroatoms. The van der Waals surface area contributed by atoms with Crippen molar-refractivity contribution in [2.45, 2.75) is 32.9 Å². The fourth-order valence-corrected chi connectivity index (χ4v) is 3.68. The number of ether oxygens (including phenoxy) is 1. The third kappa shape index (κ3) is 6.63. The highest BCUT2D eigenvalue weighted by Gasteiger charge is 2.36. The number of aliphatic hydroxyl groups excluding tert-OH is 1. The number of hydrogen-bond donors (Lipinski definition) is 4. The average Bonchev–Trinajstić information content (AvgIpc) is 2.81. The van der Waals surface area contributed by atoms with Crippen LogP contribution in [0.4, 0.5) is 18.9 Å². The number of allylic oxidation sites excluding steroid dienone is 4. The molecular weight excluding hydrogens is 490 g/mol. The molecule has 0 bridgehead atoms. The molecule has 1 aliphatic rings. The van der Waals surface area contributed by atoms with Crippen LogP contribution in [0.25, 0.3) is 0 Å². The van der Waals surface area contributed by atoms with Crippen LogP contribution in [0.15, 0.2) is 51.9 Å². The molecule has 0 fully saturated rings. The van der Waals surface area contributed by atoms with Gasteiger partial charge in [-0.25, -0.2) is 0 Å². The molecule has 0 saturated heterocycles. The van der Waals surface area contributed by atoms with Gasteiger partial charge in [0.05, 0.1) is 4.47 Å². The van der Waals surface area contributed by atoms with E-state index in [-0.39, 0.29) is 27.6 Å². The van der Waals surface area contributed by atoms with E-state index in [9.17, 15) is 22.8 Å². The van der Waals surface area contributed by atoms with Crippen molar-refractivity contribution in [3.8, 4) is 5.75 Å². The van der Waals surface area contributed by atoms with Gasteiger partial charge in [0.2, 0.25) is 0 Å². The van der Waals surface area contributed by atoms with Crippen LogP contribution in [0.2, 0.25) is 0 Å². The summed E-state index contributed by atoms with van der Waals surface area (Å²) < 4.78 is 57.3. The van der Waals surface area contributed by atoms with Crippen LogP contribution < -0.4 is 10.1 Å². The first kappa shape index (κ1) is 24.5. The van der Waals surface area contributed by atoms with E-state index in [0.29, 0.717) is 6.42 Å². The van der Waals surface area contributed by atoms with Gasteiger partial charge in [-0.2, -0.15) is 13.2 Å². The highest BCUT2D eigenvalue weighted by atomic mass is 79.9. The molecule has 6 nitrogen and oxygen atoms in total. The molecule has 0 heterocycles. The predicted octanol–water partition coefficient (Wildman–Crippen LogP) is 6.10. The molecular formula is C19H22BrF3NO5P. The Labute approximate surface area is 180 Å². The molecule has 1 aliphatic carbocycles. The quantitative estimate of drug-likeness (QED) is 0.330. The lowest BCUT2D eigenvalue weighted by Gasteiger charge is -2.18. The SMILES string of the molecule is CCC(C)C1=C(O)C=CC(Oc2c(Br)cc(NCP(=O)(O)O)cc2C(F)(F)F)=CC1. The molecule has 1 atom stereocenters. The molecule has 0 radical (unpaired) electrons. The molecule has 30 heavy (non-hydrogen) atoms. The van der Waals surface area contributed by atoms with E-state index in [1.807, 2.05) is 13.8 Å². The molecule has 1 aromatic rings. The largest absolute Gasteiger partial charge is 0.508 e. The van der Waals surface area contributed by atoms with E-state index in [2.05, 4.69) is 21.2 Å². The van der Waals surface area contributed by atoms with Gasteiger partial charge >= 0.3 is 13.8 Å². The molecule has 0 saturated carbocycles. The van der Waals surface area contributed by atoms with Crippen molar-refractivity contribution in [1.29, 1.82) is 0 Å². The van der Waals surface area contributed by atoms with Gasteiger partial charge in [-0.3, -0.25) is 4.57 Å². The summed E-state index contributed by atoms with van der Waals surface area (Å²) in [4.78, 5) is 17.9. The summed E-state index contributed by atoms with van der Waals surface area (Å²) in [5.74, 6) is -0.206. The zero-order chi connectivity index (χ0) is 22.7. The second kappa shape index (κ2) is 9.60. The van der Waals surface area contributed by atoms with Gasteiger partial charge in [0.1, 0.15) is 23.4 Å². The van der Waals surface area contributed by atoms with Gasteiger partial charge < -0.3 is 24.9 Å². The Morgan fingerprint density at radius 1 is 1.30 bits per heavy atom. The molecule has 4 N–H and O–H groups in total. The normalized spacial score (nSPS) is 16.2. The van der Waals surface area contributed by atoms with E-state index < -0.39 is 31.4 Å². The summed E-state index contributed by atoms with van der Waals surface area (Å²) in [5.41, 5.74) is -0.490. The van der Waals surface area contributed by atoms with E-state index in [4.69, 9.17) is 14.5 Å². The molecule has 1 aromatic carbocycles. The monoisotopic (exact) mass is 511 g/mol. The number of rotatable bonds is 7. The zero-order valence-electron chi connectivity index (χ0n) is 16.2. The minimum atomic E-state index is -4.78. The van der Waals surface area contributed by atoms with Crippen molar-refractivity contribution in [2.75, 3.05) is 11.6 Å². The van der Waals surface area contributed by atoms with Gasteiger partial charge in [0, 0.05) is 5.69 Å². The van der Waals surface area contributed by atoms with Crippen LogP contribution in [-0.2, 0) is 10.7 Å². The fraction of sp³-hybridized carbons (Fsp3) is 0.368. The van der Waals surface area contributed by atoms with Gasteiger partial charge in [0.25, 0.3) is 0 Å². The van der Waals surface area contributed by atoms with Crippen molar-refractivity contribution >= 4 is 29.2 Å². The van der Waals surface area contributed by atoms with Crippen molar-refractivity contribution in [3.63, 3.8) is 0 Å². The highest BCUT2D eigenvalue weighted by molar-refractivity contribution is 9.10. The van der Waals surface area contributed by atoms with Crippen LogP contribution in [0.3, 0.4) is 0 Å². The third-order valence-electron chi connectivity index (χ3n) is 4.52. The Morgan fingerprint density at radius 3 is 2.53 bits per heavy atom. The first-order chi connectivity index (χ1) is 13.8. The number of alkyl halides is 3. The van der Waals surface area contributed by atoms with Gasteiger partial charge in [-0.15, -0.1) is 0 Å². The number of halogens is 4. The zero-order valence-corrected chi connectivity index (χ0v) is 18.7. The lowest BCUT2D eigenvalue weighted by molar-refractivity contribution is -0.138. The van der Waals surface area contributed by atoms with Crippen LogP contribution in [0.1, 0.15) is 32.3 Å². The van der Waals surface area contributed by atoms with E-state index in [1.54, 1.807) is 6.08 Å². The van der Waals surface area contributed by atoms with Crippen LogP contribution in [0, 0.1) is 5.92 Å². The molecule has 1 unspecified atom stereocenters. The van der Waals surface area contributed by atoms with Crippen LogP contribution >= 0.6 is 23.5 Å². The smallest absolute Gasteiger partial charge is 0.420 e. The van der Waals surface area contributed by atoms with Crippen molar-refractivity contribution in [1.82, 2.24) is 0 Å². The topological polar surface area (TPSA) is 99.0 Å². The van der Waals surface area contributed by atoms with E-state index in [0.717, 1.165) is 18.1 Å². The lowest BCUT2D eigenvalue weighted by Crippen LogP contribution is -2.11. The van der Waals surface area contributed by atoms with Crippen LogP contribution in [-0.4, -0.2) is 21.2 Å².